The lowest BCUT2D eigenvalue weighted by atomic mass is 9.99. The van der Waals surface area contributed by atoms with Gasteiger partial charge in [-0.25, -0.2) is 14.8 Å². The molecule has 6 rings (SSSR count). The van der Waals surface area contributed by atoms with Crippen LogP contribution in [0, 0.1) is 0 Å². The molecule has 3 aliphatic heterocycles. The number of methoxy groups -OCH3 is 1. The highest BCUT2D eigenvalue weighted by Crippen LogP contribution is 2.38. The van der Waals surface area contributed by atoms with E-state index in [9.17, 15) is 9.59 Å². The van der Waals surface area contributed by atoms with E-state index in [4.69, 9.17) is 4.74 Å². The van der Waals surface area contributed by atoms with Crippen LogP contribution in [0.3, 0.4) is 0 Å². The van der Waals surface area contributed by atoms with Crippen LogP contribution < -0.4 is 19.9 Å². The summed E-state index contributed by atoms with van der Waals surface area (Å²) in [6, 6.07) is 15.8. The quantitative estimate of drug-likeness (QED) is 0.518. The molecule has 1 saturated heterocycles. The summed E-state index contributed by atoms with van der Waals surface area (Å²) in [7, 11) is 1.65. The van der Waals surface area contributed by atoms with E-state index in [0.29, 0.717) is 24.7 Å². The normalized spacial score (nSPS) is 19.3. The number of benzene rings is 2. The van der Waals surface area contributed by atoms with Gasteiger partial charge >= 0.3 is 6.03 Å². The van der Waals surface area contributed by atoms with Crippen molar-refractivity contribution in [2.75, 3.05) is 48.4 Å². The Morgan fingerprint density at radius 1 is 1.08 bits per heavy atom. The topological polar surface area (TPSA) is 90.9 Å². The molecule has 9 nitrogen and oxygen atoms in total. The number of hydrogen-bond donors (Lipinski definition) is 1. The molecule has 9 heteroatoms. The Balaban J connectivity index is 1.12. The zero-order valence-electron chi connectivity index (χ0n) is 22.5. The minimum atomic E-state index is -0.0885. The first kappa shape index (κ1) is 25.2. The lowest BCUT2D eigenvalue weighted by molar-refractivity contribution is 0.0983. The summed E-state index contributed by atoms with van der Waals surface area (Å²) >= 11 is 0. The van der Waals surface area contributed by atoms with Gasteiger partial charge in [-0.3, -0.25) is 4.79 Å². The minimum Gasteiger partial charge on any atom is -0.497 e. The summed E-state index contributed by atoms with van der Waals surface area (Å²) in [4.78, 5) is 41.4. The van der Waals surface area contributed by atoms with Crippen molar-refractivity contribution < 1.29 is 14.3 Å². The zero-order valence-corrected chi connectivity index (χ0v) is 22.5. The highest BCUT2D eigenvalue weighted by Gasteiger charge is 2.33. The third kappa shape index (κ3) is 4.77. The summed E-state index contributed by atoms with van der Waals surface area (Å²) in [5.74, 6) is 1.81. The number of carbonyl (C=O) groups is 2. The van der Waals surface area contributed by atoms with E-state index in [1.54, 1.807) is 7.11 Å². The van der Waals surface area contributed by atoms with E-state index in [2.05, 4.69) is 33.2 Å². The third-order valence-corrected chi connectivity index (χ3v) is 8.35. The van der Waals surface area contributed by atoms with Crippen LogP contribution in [0.5, 0.6) is 5.75 Å². The average molecular weight is 527 g/mol. The van der Waals surface area contributed by atoms with Crippen LogP contribution in [0.1, 0.15) is 53.7 Å². The van der Waals surface area contributed by atoms with E-state index in [-0.39, 0.29) is 18.0 Å². The first-order valence-corrected chi connectivity index (χ1v) is 13.8. The second-order valence-electron chi connectivity index (χ2n) is 10.5. The Morgan fingerprint density at radius 2 is 1.90 bits per heavy atom. The molecule has 1 aromatic heterocycles. The molecule has 1 N–H and O–H groups in total. The van der Waals surface area contributed by atoms with Crippen LogP contribution in [0.2, 0.25) is 0 Å². The highest BCUT2D eigenvalue weighted by molar-refractivity contribution is 6.06. The van der Waals surface area contributed by atoms with Crippen LogP contribution in [0.4, 0.5) is 22.0 Å². The summed E-state index contributed by atoms with van der Waals surface area (Å²) in [6.45, 7) is 5.01. The highest BCUT2D eigenvalue weighted by atomic mass is 16.5. The average Bonchev–Trinajstić information content (AvgIpc) is 3.28. The number of anilines is 3. The Kier molecular flexibility index (Phi) is 6.81. The predicted octanol–water partition coefficient (Wildman–Crippen LogP) is 4.70. The number of piperidine rings is 1. The van der Waals surface area contributed by atoms with Crippen LogP contribution in [0.15, 0.2) is 54.9 Å². The van der Waals surface area contributed by atoms with Gasteiger partial charge in [-0.15, -0.1) is 0 Å². The van der Waals surface area contributed by atoms with Gasteiger partial charge in [0.25, 0.3) is 5.91 Å². The van der Waals surface area contributed by atoms with Gasteiger partial charge in [0, 0.05) is 55.6 Å². The van der Waals surface area contributed by atoms with Crippen LogP contribution in [-0.4, -0.2) is 66.1 Å². The van der Waals surface area contributed by atoms with Crippen molar-refractivity contribution in [3.05, 3.63) is 71.7 Å². The number of fused-ring (bicyclic) bond motifs is 2. The number of hydrogen-bond acceptors (Lipinski definition) is 6. The van der Waals surface area contributed by atoms with Crippen LogP contribution in [0.25, 0.3) is 0 Å². The second-order valence-corrected chi connectivity index (χ2v) is 10.5. The SMILES string of the molecule is CCC1CN(C(=O)c2cc(N3CCC(N4CCc5cc(OC)ccc5NC4=O)CC3)ncn2)c2ccccc21. The molecule has 0 radical (unpaired) electrons. The standard InChI is InChI=1S/C30H34N6O3/c1-3-20-18-36(27-7-5-4-6-24(20)27)29(37)26-17-28(32-19-31-26)34-13-11-22(12-14-34)35-15-10-21-16-23(39-2)8-9-25(21)33-30(35)38/h4-9,16-17,19-20,22H,3,10-15,18H2,1-2H3,(H,33,38). The maximum absolute atomic E-state index is 13.5. The van der Waals surface area contributed by atoms with E-state index in [1.165, 1.54) is 11.9 Å². The first-order valence-electron chi connectivity index (χ1n) is 13.8. The molecule has 0 aliphatic carbocycles. The molecular weight excluding hydrogens is 492 g/mol. The molecule has 0 bridgehead atoms. The Bertz CT molecular complexity index is 1390. The summed E-state index contributed by atoms with van der Waals surface area (Å²) < 4.78 is 5.36. The maximum Gasteiger partial charge on any atom is 0.322 e. The lowest BCUT2D eigenvalue weighted by Crippen LogP contribution is -2.49. The fourth-order valence-electron chi connectivity index (χ4n) is 6.12. The van der Waals surface area contributed by atoms with Crippen molar-refractivity contribution in [1.82, 2.24) is 14.9 Å². The largest absolute Gasteiger partial charge is 0.497 e. The molecule has 0 saturated carbocycles. The number of nitrogens with zero attached hydrogens (tertiary/aromatic N) is 5. The van der Waals surface area contributed by atoms with Crippen molar-refractivity contribution in [2.45, 2.75) is 44.6 Å². The molecule has 3 aromatic rings. The summed E-state index contributed by atoms with van der Waals surface area (Å²) in [5.41, 5.74) is 4.56. The molecule has 202 valence electrons. The van der Waals surface area contributed by atoms with E-state index < -0.39 is 0 Å². The van der Waals surface area contributed by atoms with Gasteiger partial charge in [0.15, 0.2) is 0 Å². The molecule has 3 amide bonds. The minimum absolute atomic E-state index is 0.0523. The molecule has 3 aliphatic rings. The first-order chi connectivity index (χ1) is 19.1. The summed E-state index contributed by atoms with van der Waals surface area (Å²) in [6.07, 6.45) is 4.92. The van der Waals surface area contributed by atoms with Gasteiger partial charge in [0.05, 0.1) is 7.11 Å². The molecule has 2 aromatic carbocycles. The lowest BCUT2D eigenvalue weighted by Gasteiger charge is -2.38. The smallest absolute Gasteiger partial charge is 0.322 e. The van der Waals surface area contributed by atoms with Gasteiger partial charge in [-0.05, 0) is 61.1 Å². The zero-order chi connectivity index (χ0) is 26.9. The molecule has 1 atom stereocenters. The number of nitrogens with one attached hydrogen (secondary N) is 1. The Morgan fingerprint density at radius 3 is 2.69 bits per heavy atom. The van der Waals surface area contributed by atoms with Crippen molar-refractivity contribution in [3.8, 4) is 5.75 Å². The Labute approximate surface area is 228 Å². The number of para-hydroxylation sites is 1. The number of carbonyl (C=O) groups excluding carboxylic acids is 2. The number of urea groups is 1. The monoisotopic (exact) mass is 526 g/mol. The number of aromatic nitrogens is 2. The second kappa shape index (κ2) is 10.6. The van der Waals surface area contributed by atoms with Gasteiger partial charge < -0.3 is 24.8 Å². The fraction of sp³-hybridized carbons (Fsp3) is 0.400. The van der Waals surface area contributed by atoms with Crippen molar-refractivity contribution in [1.29, 1.82) is 0 Å². The summed E-state index contributed by atoms with van der Waals surface area (Å²) in [5, 5.41) is 3.08. The van der Waals surface area contributed by atoms with E-state index in [1.807, 2.05) is 52.3 Å². The van der Waals surface area contributed by atoms with Crippen LogP contribution in [-0.2, 0) is 6.42 Å². The fourth-order valence-corrected chi connectivity index (χ4v) is 6.12. The van der Waals surface area contributed by atoms with Crippen molar-refractivity contribution in [2.24, 2.45) is 0 Å². The van der Waals surface area contributed by atoms with Gasteiger partial charge in [-0.2, -0.15) is 0 Å². The third-order valence-electron chi connectivity index (χ3n) is 8.35. The molecule has 39 heavy (non-hydrogen) atoms. The Hall–Kier alpha value is -4.14. The molecule has 1 fully saturated rings. The predicted molar refractivity (Wildman–Crippen MR) is 151 cm³/mol. The van der Waals surface area contributed by atoms with Gasteiger partial charge in [-0.1, -0.05) is 25.1 Å². The van der Waals surface area contributed by atoms with E-state index >= 15 is 0 Å². The van der Waals surface area contributed by atoms with Crippen LogP contribution >= 0.6 is 0 Å². The number of ether oxygens (including phenoxy) is 1. The van der Waals surface area contributed by atoms with Gasteiger partial charge in [0.2, 0.25) is 0 Å². The molecule has 1 unspecified atom stereocenters. The molecular formula is C30H34N6O3. The maximum atomic E-state index is 13.5. The van der Waals surface area contributed by atoms with Crippen molar-refractivity contribution in [3.63, 3.8) is 0 Å². The van der Waals surface area contributed by atoms with Crippen molar-refractivity contribution >= 4 is 29.1 Å². The van der Waals surface area contributed by atoms with E-state index in [0.717, 1.165) is 67.3 Å². The number of amides is 3. The molecule has 0 spiro atoms. The number of rotatable bonds is 5. The van der Waals surface area contributed by atoms with Gasteiger partial charge in [0.1, 0.15) is 23.6 Å². The molecule has 4 heterocycles.